The number of benzene rings is 1. The van der Waals surface area contributed by atoms with Gasteiger partial charge in [0, 0.05) is 24.7 Å². The third-order valence-corrected chi connectivity index (χ3v) is 6.74. The molecule has 4 rings (SSSR count). The highest BCUT2D eigenvalue weighted by atomic mass is 15.2. The fraction of sp³-hybridized carbons (Fsp3) is 0.700. The molecule has 0 unspecified atom stereocenters. The zero-order valence-electron chi connectivity index (χ0n) is 14.1. The molecule has 1 aliphatic carbocycles. The van der Waals surface area contributed by atoms with Gasteiger partial charge in [0.1, 0.15) is 0 Å². The molecular formula is C20H30N2. The molecule has 2 heteroatoms. The van der Waals surface area contributed by atoms with Gasteiger partial charge in [-0.05, 0) is 49.1 Å². The lowest BCUT2D eigenvalue weighted by molar-refractivity contribution is 0.0521. The molecule has 0 radical (unpaired) electrons. The first-order chi connectivity index (χ1) is 10.7. The molecule has 0 bridgehead atoms. The Morgan fingerprint density at radius 1 is 1.05 bits per heavy atom. The van der Waals surface area contributed by atoms with Crippen LogP contribution in [0.25, 0.3) is 0 Å². The molecule has 4 atom stereocenters. The van der Waals surface area contributed by atoms with Crippen molar-refractivity contribution in [3.8, 4) is 0 Å². The first-order valence-corrected chi connectivity index (χ1v) is 9.21. The fourth-order valence-electron chi connectivity index (χ4n) is 5.16. The average molecular weight is 298 g/mol. The SMILES string of the molecule is CC1(C)[C@@H](c2ccccc2)C[C@H]1N[C@@H]1CCN2CCCC[C@H]12. The molecule has 1 aromatic rings. The topological polar surface area (TPSA) is 15.3 Å². The van der Waals surface area contributed by atoms with Crippen molar-refractivity contribution in [2.75, 3.05) is 13.1 Å². The number of hydrogen-bond donors (Lipinski definition) is 1. The van der Waals surface area contributed by atoms with Crippen LogP contribution in [-0.2, 0) is 0 Å². The molecule has 0 aromatic heterocycles. The summed E-state index contributed by atoms with van der Waals surface area (Å²) in [6.45, 7) is 7.57. The normalized spacial score (nSPS) is 37.5. The highest BCUT2D eigenvalue weighted by molar-refractivity contribution is 5.27. The van der Waals surface area contributed by atoms with E-state index in [0.717, 1.165) is 18.0 Å². The van der Waals surface area contributed by atoms with E-state index in [0.29, 0.717) is 11.5 Å². The number of fused-ring (bicyclic) bond motifs is 1. The number of hydrogen-bond acceptors (Lipinski definition) is 2. The summed E-state index contributed by atoms with van der Waals surface area (Å²) in [5, 5.41) is 4.06. The van der Waals surface area contributed by atoms with E-state index in [1.54, 1.807) is 0 Å². The van der Waals surface area contributed by atoms with Crippen LogP contribution < -0.4 is 5.32 Å². The van der Waals surface area contributed by atoms with Crippen LogP contribution in [0.4, 0.5) is 0 Å². The Kier molecular flexibility index (Phi) is 3.78. The highest BCUT2D eigenvalue weighted by Crippen LogP contribution is 2.52. The second kappa shape index (κ2) is 5.65. The van der Waals surface area contributed by atoms with Gasteiger partial charge < -0.3 is 5.32 Å². The molecule has 3 fully saturated rings. The van der Waals surface area contributed by atoms with E-state index in [1.807, 2.05) is 0 Å². The Bertz CT molecular complexity index is 510. The molecular weight excluding hydrogens is 268 g/mol. The monoisotopic (exact) mass is 298 g/mol. The van der Waals surface area contributed by atoms with E-state index in [-0.39, 0.29) is 0 Å². The zero-order chi connectivity index (χ0) is 15.2. The molecule has 2 saturated heterocycles. The predicted molar refractivity (Wildman–Crippen MR) is 92.1 cm³/mol. The molecule has 2 aliphatic heterocycles. The van der Waals surface area contributed by atoms with E-state index >= 15 is 0 Å². The summed E-state index contributed by atoms with van der Waals surface area (Å²) in [5.41, 5.74) is 1.90. The number of piperidine rings is 1. The van der Waals surface area contributed by atoms with Crippen molar-refractivity contribution in [1.82, 2.24) is 10.2 Å². The molecule has 22 heavy (non-hydrogen) atoms. The van der Waals surface area contributed by atoms with Gasteiger partial charge in [0.15, 0.2) is 0 Å². The van der Waals surface area contributed by atoms with Crippen LogP contribution >= 0.6 is 0 Å². The maximum atomic E-state index is 4.06. The second-order valence-electron chi connectivity index (χ2n) is 8.23. The van der Waals surface area contributed by atoms with E-state index in [1.165, 1.54) is 50.8 Å². The van der Waals surface area contributed by atoms with Crippen molar-refractivity contribution in [3.63, 3.8) is 0 Å². The molecule has 1 N–H and O–H groups in total. The quantitative estimate of drug-likeness (QED) is 0.913. The average Bonchev–Trinajstić information content (AvgIpc) is 2.95. The van der Waals surface area contributed by atoms with E-state index in [9.17, 15) is 0 Å². The Morgan fingerprint density at radius 3 is 2.64 bits per heavy atom. The standard InChI is InChI=1S/C20H30N2/c1-20(2)16(15-8-4-3-5-9-15)14-19(20)21-17-11-13-22-12-7-6-10-18(17)22/h3-5,8-9,16-19,21H,6-7,10-14H2,1-2H3/t16-,17-,18-,19-/m1/s1. The second-order valence-corrected chi connectivity index (χ2v) is 8.23. The summed E-state index contributed by atoms with van der Waals surface area (Å²) in [5.74, 6) is 0.718. The highest BCUT2D eigenvalue weighted by Gasteiger charge is 2.50. The minimum absolute atomic E-state index is 0.378. The summed E-state index contributed by atoms with van der Waals surface area (Å²) < 4.78 is 0. The summed E-state index contributed by atoms with van der Waals surface area (Å²) in [6.07, 6.45) is 6.91. The van der Waals surface area contributed by atoms with E-state index < -0.39 is 0 Å². The van der Waals surface area contributed by atoms with Gasteiger partial charge in [0.2, 0.25) is 0 Å². The molecule has 1 aromatic carbocycles. The van der Waals surface area contributed by atoms with Crippen LogP contribution in [0.5, 0.6) is 0 Å². The summed E-state index contributed by atoms with van der Waals surface area (Å²) in [7, 11) is 0. The predicted octanol–water partition coefficient (Wildman–Crippen LogP) is 3.79. The first-order valence-electron chi connectivity index (χ1n) is 9.21. The van der Waals surface area contributed by atoms with Crippen LogP contribution in [-0.4, -0.2) is 36.1 Å². The van der Waals surface area contributed by atoms with Crippen molar-refractivity contribution in [2.45, 2.75) is 70.0 Å². The Labute approximate surface area is 135 Å². The van der Waals surface area contributed by atoms with Crippen molar-refractivity contribution in [3.05, 3.63) is 35.9 Å². The maximum Gasteiger partial charge on any atom is 0.0249 e. The smallest absolute Gasteiger partial charge is 0.0249 e. The third kappa shape index (κ3) is 2.41. The van der Waals surface area contributed by atoms with Crippen LogP contribution in [0, 0.1) is 5.41 Å². The minimum Gasteiger partial charge on any atom is -0.309 e. The number of nitrogens with one attached hydrogen (secondary N) is 1. The van der Waals surface area contributed by atoms with Gasteiger partial charge in [-0.1, -0.05) is 50.6 Å². The Morgan fingerprint density at radius 2 is 1.86 bits per heavy atom. The van der Waals surface area contributed by atoms with Crippen LogP contribution in [0.15, 0.2) is 30.3 Å². The van der Waals surface area contributed by atoms with Crippen molar-refractivity contribution in [1.29, 1.82) is 0 Å². The van der Waals surface area contributed by atoms with Gasteiger partial charge in [-0.25, -0.2) is 0 Å². The number of nitrogens with zero attached hydrogens (tertiary/aromatic N) is 1. The fourth-order valence-corrected chi connectivity index (χ4v) is 5.16. The van der Waals surface area contributed by atoms with Crippen LogP contribution in [0.3, 0.4) is 0 Å². The van der Waals surface area contributed by atoms with Crippen molar-refractivity contribution >= 4 is 0 Å². The van der Waals surface area contributed by atoms with Gasteiger partial charge in [-0.2, -0.15) is 0 Å². The first kappa shape index (κ1) is 14.7. The lowest BCUT2D eigenvalue weighted by atomic mass is 9.56. The molecule has 3 aliphatic rings. The molecule has 2 nitrogen and oxygen atoms in total. The van der Waals surface area contributed by atoms with Gasteiger partial charge in [-0.3, -0.25) is 4.90 Å². The largest absolute Gasteiger partial charge is 0.309 e. The minimum atomic E-state index is 0.378. The van der Waals surface area contributed by atoms with Gasteiger partial charge >= 0.3 is 0 Å². The van der Waals surface area contributed by atoms with Crippen molar-refractivity contribution < 1.29 is 0 Å². The van der Waals surface area contributed by atoms with E-state index in [2.05, 4.69) is 54.4 Å². The summed E-state index contributed by atoms with van der Waals surface area (Å²) >= 11 is 0. The number of rotatable bonds is 3. The summed E-state index contributed by atoms with van der Waals surface area (Å²) in [4.78, 5) is 2.74. The lowest BCUT2D eigenvalue weighted by Gasteiger charge is -2.54. The molecule has 0 spiro atoms. The molecule has 120 valence electrons. The third-order valence-electron chi connectivity index (χ3n) is 6.74. The van der Waals surface area contributed by atoms with Crippen molar-refractivity contribution in [2.24, 2.45) is 5.41 Å². The van der Waals surface area contributed by atoms with Gasteiger partial charge in [-0.15, -0.1) is 0 Å². The Hall–Kier alpha value is -0.860. The van der Waals surface area contributed by atoms with Gasteiger partial charge in [0.25, 0.3) is 0 Å². The van der Waals surface area contributed by atoms with Crippen LogP contribution in [0.2, 0.25) is 0 Å². The summed E-state index contributed by atoms with van der Waals surface area (Å²) in [6, 6.07) is 13.3. The van der Waals surface area contributed by atoms with Gasteiger partial charge in [0.05, 0.1) is 0 Å². The molecule has 1 saturated carbocycles. The lowest BCUT2D eigenvalue weighted by Crippen LogP contribution is -2.60. The maximum absolute atomic E-state index is 4.06. The zero-order valence-corrected chi connectivity index (χ0v) is 14.1. The Balaban J connectivity index is 1.41. The van der Waals surface area contributed by atoms with Crippen LogP contribution in [0.1, 0.15) is 57.4 Å². The molecule has 0 amide bonds. The van der Waals surface area contributed by atoms with E-state index in [4.69, 9.17) is 0 Å². The molecule has 2 heterocycles.